The van der Waals surface area contributed by atoms with E-state index in [2.05, 4.69) is 15.4 Å². The minimum atomic E-state index is -0.448. The molecule has 0 atom stereocenters. The molecule has 0 radical (unpaired) electrons. The Bertz CT molecular complexity index is 1110. The summed E-state index contributed by atoms with van der Waals surface area (Å²) in [4.78, 5) is 16.9. The van der Waals surface area contributed by atoms with Crippen molar-refractivity contribution in [2.75, 3.05) is 0 Å². The van der Waals surface area contributed by atoms with Crippen LogP contribution in [0.4, 0.5) is 4.39 Å². The molecule has 0 fully saturated rings. The van der Waals surface area contributed by atoms with Gasteiger partial charge in [0.25, 0.3) is 5.91 Å². The lowest BCUT2D eigenvalue weighted by Crippen LogP contribution is -2.24. The minimum absolute atomic E-state index is 0.314. The van der Waals surface area contributed by atoms with E-state index in [1.165, 1.54) is 29.1 Å². The minimum Gasteiger partial charge on any atom is -0.348 e. The van der Waals surface area contributed by atoms with Crippen LogP contribution in [0, 0.1) is 5.82 Å². The molecule has 0 bridgehead atoms. The summed E-state index contributed by atoms with van der Waals surface area (Å²) in [7, 11) is 0. The Morgan fingerprint density at radius 2 is 1.96 bits per heavy atom. The summed E-state index contributed by atoms with van der Waals surface area (Å²) in [5, 5.41) is 7.47. The Morgan fingerprint density at radius 1 is 1.14 bits per heavy atom. The molecule has 4 aromatic rings. The molecule has 3 aromatic heterocycles. The van der Waals surface area contributed by atoms with Crippen LogP contribution in [0.25, 0.3) is 11.5 Å². The highest BCUT2D eigenvalue weighted by Gasteiger charge is 2.21. The highest BCUT2D eigenvalue weighted by Crippen LogP contribution is 2.26. The number of hydrogen-bond donors (Lipinski definition) is 1. The molecule has 8 heteroatoms. The Labute approximate surface area is 165 Å². The maximum absolute atomic E-state index is 13.8. The van der Waals surface area contributed by atoms with Gasteiger partial charge >= 0.3 is 0 Å². The van der Waals surface area contributed by atoms with E-state index in [4.69, 9.17) is 11.6 Å². The standard InChI is InChI=1S/C20H15ClFN5O/c21-17-6-5-15(22)10-18(17)27-20(26-8-1-2-9-26)16(13-25-27)19(28)24-12-14-4-3-7-23-11-14/h1-11,13H,12H2,(H,24,28). The van der Waals surface area contributed by atoms with Gasteiger partial charge in [-0.3, -0.25) is 9.78 Å². The van der Waals surface area contributed by atoms with Crippen molar-refractivity contribution in [3.8, 4) is 11.5 Å². The van der Waals surface area contributed by atoms with Crippen LogP contribution in [0.1, 0.15) is 15.9 Å². The third-order valence-corrected chi connectivity index (χ3v) is 4.47. The maximum atomic E-state index is 13.8. The van der Waals surface area contributed by atoms with E-state index in [1.807, 2.05) is 18.2 Å². The fraction of sp³-hybridized carbons (Fsp3) is 0.0500. The number of nitrogens with one attached hydrogen (secondary N) is 1. The second-order valence-corrected chi connectivity index (χ2v) is 6.43. The predicted molar refractivity (Wildman–Crippen MR) is 103 cm³/mol. The molecule has 4 rings (SSSR count). The second kappa shape index (κ2) is 7.66. The average Bonchev–Trinajstić information content (AvgIpc) is 3.38. The zero-order chi connectivity index (χ0) is 19.5. The molecule has 0 saturated heterocycles. The molecular weight excluding hydrogens is 381 g/mol. The lowest BCUT2D eigenvalue weighted by atomic mass is 10.2. The maximum Gasteiger partial charge on any atom is 0.256 e. The van der Waals surface area contributed by atoms with E-state index in [0.29, 0.717) is 28.6 Å². The van der Waals surface area contributed by atoms with Crippen LogP contribution in [0.3, 0.4) is 0 Å². The molecule has 28 heavy (non-hydrogen) atoms. The number of pyridine rings is 1. The van der Waals surface area contributed by atoms with Crippen molar-refractivity contribution in [3.05, 3.63) is 95.4 Å². The normalized spacial score (nSPS) is 10.8. The number of carbonyl (C=O) groups excluding carboxylic acids is 1. The molecule has 0 aliphatic heterocycles. The number of benzene rings is 1. The van der Waals surface area contributed by atoms with Gasteiger partial charge in [0.05, 0.1) is 16.9 Å². The van der Waals surface area contributed by atoms with Crippen LogP contribution < -0.4 is 5.32 Å². The highest BCUT2D eigenvalue weighted by molar-refractivity contribution is 6.32. The summed E-state index contributed by atoms with van der Waals surface area (Å²) in [6, 6.07) is 11.3. The number of nitrogens with zero attached hydrogens (tertiary/aromatic N) is 4. The SMILES string of the molecule is O=C(NCc1cccnc1)c1cnn(-c2cc(F)ccc2Cl)c1-n1cccc1. The monoisotopic (exact) mass is 395 g/mol. The first-order chi connectivity index (χ1) is 13.6. The first-order valence-electron chi connectivity index (χ1n) is 8.47. The molecule has 0 aliphatic carbocycles. The fourth-order valence-corrected chi connectivity index (χ4v) is 3.03. The molecule has 0 spiro atoms. The largest absolute Gasteiger partial charge is 0.348 e. The van der Waals surface area contributed by atoms with Crippen LogP contribution in [0.15, 0.2) is 73.4 Å². The van der Waals surface area contributed by atoms with Gasteiger partial charge in [-0.2, -0.15) is 5.10 Å². The first-order valence-corrected chi connectivity index (χ1v) is 8.85. The number of rotatable bonds is 5. The molecule has 140 valence electrons. The van der Waals surface area contributed by atoms with Gasteiger partial charge in [-0.15, -0.1) is 0 Å². The predicted octanol–water partition coefficient (Wildman–Crippen LogP) is 3.78. The molecule has 1 N–H and O–H groups in total. The quantitative estimate of drug-likeness (QED) is 0.559. The third-order valence-electron chi connectivity index (χ3n) is 4.15. The zero-order valence-electron chi connectivity index (χ0n) is 14.6. The van der Waals surface area contributed by atoms with Gasteiger partial charge in [0, 0.05) is 37.4 Å². The van der Waals surface area contributed by atoms with Crippen molar-refractivity contribution in [2.45, 2.75) is 6.54 Å². The summed E-state index contributed by atoms with van der Waals surface area (Å²) in [5.74, 6) is -0.302. The second-order valence-electron chi connectivity index (χ2n) is 6.02. The van der Waals surface area contributed by atoms with Gasteiger partial charge in [0.2, 0.25) is 0 Å². The van der Waals surface area contributed by atoms with Crippen molar-refractivity contribution >= 4 is 17.5 Å². The topological polar surface area (TPSA) is 64.7 Å². The van der Waals surface area contributed by atoms with Gasteiger partial charge in [-0.05, 0) is 35.9 Å². The molecule has 0 aliphatic rings. The van der Waals surface area contributed by atoms with Crippen LogP contribution in [0.5, 0.6) is 0 Å². The van der Waals surface area contributed by atoms with E-state index in [0.717, 1.165) is 5.56 Å². The van der Waals surface area contributed by atoms with Gasteiger partial charge in [-0.1, -0.05) is 17.7 Å². The van der Waals surface area contributed by atoms with Crippen LogP contribution in [-0.2, 0) is 6.54 Å². The zero-order valence-corrected chi connectivity index (χ0v) is 15.3. The van der Waals surface area contributed by atoms with Gasteiger partial charge in [0.15, 0.2) is 5.82 Å². The van der Waals surface area contributed by atoms with E-state index < -0.39 is 5.82 Å². The lowest BCUT2D eigenvalue weighted by Gasteiger charge is -2.12. The van der Waals surface area contributed by atoms with Gasteiger partial charge in [-0.25, -0.2) is 9.07 Å². The average molecular weight is 396 g/mol. The van der Waals surface area contributed by atoms with Gasteiger partial charge in [0.1, 0.15) is 11.4 Å². The van der Waals surface area contributed by atoms with Crippen LogP contribution in [-0.4, -0.2) is 25.2 Å². The summed E-state index contributed by atoms with van der Waals surface area (Å²) in [6.45, 7) is 0.323. The third kappa shape index (κ3) is 3.52. The van der Waals surface area contributed by atoms with Crippen molar-refractivity contribution in [3.63, 3.8) is 0 Å². The Balaban J connectivity index is 1.73. The summed E-state index contributed by atoms with van der Waals surface area (Å²) < 4.78 is 17.0. The summed E-state index contributed by atoms with van der Waals surface area (Å²) >= 11 is 6.25. The Morgan fingerprint density at radius 3 is 2.71 bits per heavy atom. The van der Waals surface area contributed by atoms with E-state index >= 15 is 0 Å². The Hall–Kier alpha value is -3.45. The van der Waals surface area contributed by atoms with E-state index in [9.17, 15) is 9.18 Å². The molecule has 0 saturated carbocycles. The number of amides is 1. The lowest BCUT2D eigenvalue weighted by molar-refractivity contribution is 0.0951. The number of carbonyl (C=O) groups is 1. The van der Waals surface area contributed by atoms with E-state index in [1.54, 1.807) is 35.4 Å². The number of hydrogen-bond acceptors (Lipinski definition) is 3. The molecule has 1 amide bonds. The molecule has 3 heterocycles. The van der Waals surface area contributed by atoms with Gasteiger partial charge < -0.3 is 9.88 Å². The molecule has 1 aromatic carbocycles. The summed E-state index contributed by atoms with van der Waals surface area (Å²) in [5.41, 5.74) is 1.55. The molecule has 6 nitrogen and oxygen atoms in total. The molecular formula is C20H15ClFN5O. The smallest absolute Gasteiger partial charge is 0.256 e. The number of halogens is 2. The van der Waals surface area contributed by atoms with Crippen molar-refractivity contribution in [2.24, 2.45) is 0 Å². The Kier molecular flexibility index (Phi) is 4.90. The van der Waals surface area contributed by atoms with Crippen molar-refractivity contribution in [1.29, 1.82) is 0 Å². The van der Waals surface area contributed by atoms with Crippen molar-refractivity contribution in [1.82, 2.24) is 24.6 Å². The highest BCUT2D eigenvalue weighted by atomic mass is 35.5. The first kappa shape index (κ1) is 17.9. The van der Waals surface area contributed by atoms with Crippen LogP contribution >= 0.6 is 11.6 Å². The fourth-order valence-electron chi connectivity index (χ4n) is 2.83. The molecule has 0 unspecified atom stereocenters. The van der Waals surface area contributed by atoms with Crippen molar-refractivity contribution < 1.29 is 9.18 Å². The number of aromatic nitrogens is 4. The van der Waals surface area contributed by atoms with E-state index in [-0.39, 0.29) is 5.91 Å². The summed E-state index contributed by atoms with van der Waals surface area (Å²) in [6.07, 6.45) is 8.34. The van der Waals surface area contributed by atoms with Crippen LogP contribution in [0.2, 0.25) is 5.02 Å².